The van der Waals surface area contributed by atoms with E-state index < -0.39 is 11.1 Å². The van der Waals surface area contributed by atoms with Crippen LogP contribution in [-0.2, 0) is 20.7 Å². The van der Waals surface area contributed by atoms with Gasteiger partial charge in [0.2, 0.25) is 11.8 Å². The minimum Gasteiger partial charge on any atom is -0.383 e. The second-order valence-electron chi connectivity index (χ2n) is 7.52. The first kappa shape index (κ1) is 19.3. The number of aromatic amines is 2. The smallest absolute Gasteiger partial charge is 0.266 e. The maximum absolute atomic E-state index is 12.7. The van der Waals surface area contributed by atoms with Gasteiger partial charge in [-0.1, -0.05) is 0 Å². The molecule has 27 heavy (non-hydrogen) atoms. The lowest BCUT2D eigenvalue weighted by atomic mass is 9.73. The van der Waals surface area contributed by atoms with E-state index in [1.807, 2.05) is 4.90 Å². The molecule has 0 aliphatic carbocycles. The van der Waals surface area contributed by atoms with E-state index in [1.165, 1.54) is 6.07 Å². The number of hydrogen-bond donors (Lipinski definition) is 2. The molecule has 2 aliphatic rings. The second kappa shape index (κ2) is 8.08. The van der Waals surface area contributed by atoms with Crippen LogP contribution in [0.5, 0.6) is 0 Å². The summed E-state index contributed by atoms with van der Waals surface area (Å²) in [4.78, 5) is 51.7. The molecule has 2 fully saturated rings. The summed E-state index contributed by atoms with van der Waals surface area (Å²) in [6.45, 7) is 2.89. The van der Waals surface area contributed by atoms with Gasteiger partial charge < -0.3 is 14.5 Å². The largest absolute Gasteiger partial charge is 0.383 e. The average molecular weight is 378 g/mol. The van der Waals surface area contributed by atoms with Crippen LogP contribution in [0.25, 0.3) is 0 Å². The van der Waals surface area contributed by atoms with Crippen LogP contribution in [0, 0.1) is 5.41 Å². The van der Waals surface area contributed by atoms with E-state index in [0.29, 0.717) is 39.2 Å². The Balaban J connectivity index is 1.68. The van der Waals surface area contributed by atoms with Gasteiger partial charge in [-0.05, 0) is 19.3 Å². The topological polar surface area (TPSA) is 116 Å². The Morgan fingerprint density at radius 1 is 1.22 bits per heavy atom. The molecule has 0 bridgehead atoms. The molecule has 3 rings (SSSR count). The van der Waals surface area contributed by atoms with Crippen molar-refractivity contribution in [2.45, 2.75) is 32.1 Å². The molecule has 0 saturated carbocycles. The number of methoxy groups -OCH3 is 1. The van der Waals surface area contributed by atoms with Crippen molar-refractivity contribution in [1.29, 1.82) is 0 Å². The normalized spacial score (nSPS) is 23.1. The highest BCUT2D eigenvalue weighted by atomic mass is 16.5. The third-order valence-corrected chi connectivity index (χ3v) is 5.57. The average Bonchev–Trinajstić information content (AvgIpc) is 2.66. The van der Waals surface area contributed by atoms with Crippen molar-refractivity contribution in [3.63, 3.8) is 0 Å². The van der Waals surface area contributed by atoms with Crippen LogP contribution in [0.4, 0.5) is 0 Å². The van der Waals surface area contributed by atoms with Gasteiger partial charge in [0.05, 0.1) is 13.0 Å². The standard InChI is InChI=1S/C18H26N4O5/c1-27-8-7-22-12-18(5-3-15(22)24)4-2-6-21(11-18)16(25)10-13-9-14(23)19-20-17(13)26/h9H,2-8,10-12H2,1H3,(H,19,23)(H,20,26). The van der Waals surface area contributed by atoms with Crippen molar-refractivity contribution in [3.8, 4) is 0 Å². The van der Waals surface area contributed by atoms with E-state index in [-0.39, 0.29) is 29.2 Å². The predicted octanol–water partition coefficient (Wildman–Crippen LogP) is -0.517. The number of piperidine rings is 2. The zero-order chi connectivity index (χ0) is 19.4. The third kappa shape index (κ3) is 4.47. The van der Waals surface area contributed by atoms with Gasteiger partial charge in [0.25, 0.3) is 11.1 Å². The first-order valence-electron chi connectivity index (χ1n) is 9.28. The van der Waals surface area contributed by atoms with Gasteiger partial charge in [0.1, 0.15) is 0 Å². The lowest BCUT2D eigenvalue weighted by molar-refractivity contribution is -0.143. The van der Waals surface area contributed by atoms with E-state index in [4.69, 9.17) is 4.74 Å². The SMILES string of the molecule is COCCN1CC2(CCCN(C(=O)Cc3cc(=O)[nH][nH]c3=O)C2)CCC1=O. The number of H-pyrrole nitrogens is 2. The molecular weight excluding hydrogens is 352 g/mol. The van der Waals surface area contributed by atoms with Crippen molar-refractivity contribution in [3.05, 3.63) is 32.3 Å². The Morgan fingerprint density at radius 3 is 2.81 bits per heavy atom. The molecule has 1 aromatic heterocycles. The maximum Gasteiger partial charge on any atom is 0.266 e. The van der Waals surface area contributed by atoms with Gasteiger partial charge in [0, 0.05) is 56.8 Å². The van der Waals surface area contributed by atoms with Crippen LogP contribution in [0.1, 0.15) is 31.2 Å². The monoisotopic (exact) mass is 378 g/mol. The fraction of sp³-hybridized carbons (Fsp3) is 0.667. The number of likely N-dealkylation sites (tertiary alicyclic amines) is 2. The lowest BCUT2D eigenvalue weighted by Crippen LogP contribution is -2.55. The van der Waals surface area contributed by atoms with Crippen molar-refractivity contribution in [1.82, 2.24) is 20.0 Å². The minimum atomic E-state index is -0.455. The molecule has 1 aromatic rings. The van der Waals surface area contributed by atoms with Crippen LogP contribution in [0.3, 0.4) is 0 Å². The number of amides is 2. The fourth-order valence-electron chi connectivity index (χ4n) is 4.13. The minimum absolute atomic E-state index is 0.0956. The third-order valence-electron chi connectivity index (χ3n) is 5.57. The Morgan fingerprint density at radius 2 is 2.04 bits per heavy atom. The van der Waals surface area contributed by atoms with E-state index in [9.17, 15) is 19.2 Å². The van der Waals surface area contributed by atoms with E-state index in [2.05, 4.69) is 10.2 Å². The summed E-state index contributed by atoms with van der Waals surface area (Å²) in [5.74, 6) is -0.0262. The number of carbonyl (C=O) groups is 2. The summed E-state index contributed by atoms with van der Waals surface area (Å²) in [6, 6.07) is 1.17. The van der Waals surface area contributed by atoms with Gasteiger partial charge in [-0.3, -0.25) is 29.4 Å². The summed E-state index contributed by atoms with van der Waals surface area (Å²) in [5, 5.41) is 4.44. The van der Waals surface area contributed by atoms with Crippen molar-refractivity contribution >= 4 is 11.8 Å². The summed E-state index contributed by atoms with van der Waals surface area (Å²) < 4.78 is 5.10. The number of ether oxygens (including phenoxy) is 1. The number of rotatable bonds is 5. The van der Waals surface area contributed by atoms with Gasteiger partial charge >= 0.3 is 0 Å². The molecular formula is C18H26N4O5. The highest BCUT2D eigenvalue weighted by Gasteiger charge is 2.42. The number of hydrogen-bond acceptors (Lipinski definition) is 5. The van der Waals surface area contributed by atoms with Gasteiger partial charge in [-0.2, -0.15) is 0 Å². The number of nitrogens with zero attached hydrogens (tertiary/aromatic N) is 2. The molecule has 3 heterocycles. The number of nitrogens with one attached hydrogen (secondary N) is 2. The molecule has 1 atom stereocenters. The Kier molecular flexibility index (Phi) is 5.79. The van der Waals surface area contributed by atoms with E-state index >= 15 is 0 Å². The molecule has 1 spiro atoms. The molecule has 2 aliphatic heterocycles. The van der Waals surface area contributed by atoms with Gasteiger partial charge in [0.15, 0.2) is 0 Å². The Labute approximate surface area is 156 Å². The molecule has 2 saturated heterocycles. The molecule has 148 valence electrons. The zero-order valence-electron chi connectivity index (χ0n) is 15.6. The molecule has 0 aromatic carbocycles. The van der Waals surface area contributed by atoms with Crippen LogP contribution < -0.4 is 11.1 Å². The van der Waals surface area contributed by atoms with E-state index in [0.717, 1.165) is 19.3 Å². The maximum atomic E-state index is 12.7. The molecule has 2 amide bonds. The molecule has 9 heteroatoms. The molecule has 2 N–H and O–H groups in total. The van der Waals surface area contributed by atoms with Gasteiger partial charge in [-0.15, -0.1) is 0 Å². The van der Waals surface area contributed by atoms with E-state index in [1.54, 1.807) is 12.0 Å². The molecule has 9 nitrogen and oxygen atoms in total. The number of carbonyl (C=O) groups excluding carboxylic acids is 2. The molecule has 0 radical (unpaired) electrons. The molecule has 1 unspecified atom stereocenters. The van der Waals surface area contributed by atoms with Crippen LogP contribution in [-0.4, -0.2) is 71.7 Å². The van der Waals surface area contributed by atoms with Crippen molar-refractivity contribution < 1.29 is 14.3 Å². The Bertz CT molecular complexity index is 816. The summed E-state index contributed by atoms with van der Waals surface area (Å²) >= 11 is 0. The second-order valence-corrected chi connectivity index (χ2v) is 7.52. The quantitative estimate of drug-likeness (QED) is 0.716. The summed E-state index contributed by atoms with van der Waals surface area (Å²) in [7, 11) is 1.61. The first-order chi connectivity index (χ1) is 12.9. The van der Waals surface area contributed by atoms with Crippen LogP contribution in [0.15, 0.2) is 15.7 Å². The zero-order valence-corrected chi connectivity index (χ0v) is 15.6. The summed E-state index contributed by atoms with van der Waals surface area (Å²) in [6.07, 6.45) is 2.99. The highest BCUT2D eigenvalue weighted by molar-refractivity contribution is 5.79. The van der Waals surface area contributed by atoms with Crippen LogP contribution >= 0.6 is 0 Å². The van der Waals surface area contributed by atoms with Crippen molar-refractivity contribution in [2.75, 3.05) is 39.9 Å². The fourth-order valence-corrected chi connectivity index (χ4v) is 4.13. The lowest BCUT2D eigenvalue weighted by Gasteiger charge is -2.48. The van der Waals surface area contributed by atoms with Crippen LogP contribution in [0.2, 0.25) is 0 Å². The van der Waals surface area contributed by atoms with Gasteiger partial charge in [-0.25, -0.2) is 0 Å². The number of aromatic nitrogens is 2. The first-order valence-corrected chi connectivity index (χ1v) is 9.28. The highest BCUT2D eigenvalue weighted by Crippen LogP contribution is 2.38. The van der Waals surface area contributed by atoms with Crippen molar-refractivity contribution in [2.24, 2.45) is 5.41 Å². The summed E-state index contributed by atoms with van der Waals surface area (Å²) in [5.41, 5.74) is -0.824. The Hall–Kier alpha value is -2.42. The predicted molar refractivity (Wildman–Crippen MR) is 97.3 cm³/mol.